The Hall–Kier alpha value is -1.49. The molecule has 0 saturated carbocycles. The van der Waals surface area contributed by atoms with E-state index in [1.165, 1.54) is 0 Å². The van der Waals surface area contributed by atoms with Crippen LogP contribution in [0.15, 0.2) is 12.4 Å². The van der Waals surface area contributed by atoms with E-state index in [4.69, 9.17) is 0 Å². The molecule has 0 atom stereocenters. The largest absolute Gasteiger partial charge is 0.354 e. The van der Waals surface area contributed by atoms with Gasteiger partial charge in [-0.3, -0.25) is 14.8 Å². The minimum absolute atomic E-state index is 0.0718. The number of hydrogen-bond acceptors (Lipinski definition) is 4. The molecule has 0 aliphatic rings. The van der Waals surface area contributed by atoms with Crippen molar-refractivity contribution in [3.05, 3.63) is 23.8 Å². The Bertz CT molecular complexity index is 348. The fourth-order valence-electron chi connectivity index (χ4n) is 1.32. The SMILES string of the molecule is Cc1cnc(CNCCC(=O)NC(C)C)cn1. The molecule has 0 unspecified atom stereocenters. The molecule has 5 heteroatoms. The number of rotatable bonds is 6. The van der Waals surface area contributed by atoms with Crippen molar-refractivity contribution < 1.29 is 4.79 Å². The van der Waals surface area contributed by atoms with E-state index in [9.17, 15) is 4.79 Å². The van der Waals surface area contributed by atoms with Crippen LogP contribution in [0.25, 0.3) is 0 Å². The lowest BCUT2D eigenvalue weighted by molar-refractivity contribution is -0.121. The van der Waals surface area contributed by atoms with Crippen molar-refractivity contribution in [3.63, 3.8) is 0 Å². The van der Waals surface area contributed by atoms with Crippen molar-refractivity contribution in [1.82, 2.24) is 20.6 Å². The van der Waals surface area contributed by atoms with Gasteiger partial charge >= 0.3 is 0 Å². The predicted octanol–water partition coefficient (Wildman–Crippen LogP) is 0.789. The summed E-state index contributed by atoms with van der Waals surface area (Å²) in [5.41, 5.74) is 1.80. The van der Waals surface area contributed by atoms with E-state index in [-0.39, 0.29) is 11.9 Å². The Morgan fingerprint density at radius 3 is 2.71 bits per heavy atom. The molecule has 94 valence electrons. The van der Waals surface area contributed by atoms with Crippen LogP contribution in [-0.2, 0) is 11.3 Å². The van der Waals surface area contributed by atoms with Gasteiger partial charge in [-0.1, -0.05) is 0 Å². The Morgan fingerprint density at radius 2 is 2.12 bits per heavy atom. The summed E-state index contributed by atoms with van der Waals surface area (Å²) in [6.07, 6.45) is 3.97. The molecule has 0 fully saturated rings. The van der Waals surface area contributed by atoms with Crippen molar-refractivity contribution in [3.8, 4) is 0 Å². The smallest absolute Gasteiger partial charge is 0.221 e. The zero-order valence-corrected chi connectivity index (χ0v) is 10.7. The highest BCUT2D eigenvalue weighted by molar-refractivity contribution is 5.76. The van der Waals surface area contributed by atoms with Gasteiger partial charge in [-0.2, -0.15) is 0 Å². The molecule has 1 aromatic heterocycles. The van der Waals surface area contributed by atoms with Gasteiger partial charge < -0.3 is 10.6 Å². The molecule has 0 aliphatic carbocycles. The molecule has 0 radical (unpaired) electrons. The molecular weight excluding hydrogens is 216 g/mol. The quantitative estimate of drug-likeness (QED) is 0.717. The number of nitrogens with zero attached hydrogens (tertiary/aromatic N) is 2. The van der Waals surface area contributed by atoms with Crippen LogP contribution >= 0.6 is 0 Å². The van der Waals surface area contributed by atoms with Crippen molar-refractivity contribution in [2.24, 2.45) is 0 Å². The van der Waals surface area contributed by atoms with Gasteiger partial charge in [-0.05, 0) is 20.8 Å². The summed E-state index contributed by atoms with van der Waals surface area (Å²) < 4.78 is 0. The third-order valence-electron chi connectivity index (χ3n) is 2.12. The Kier molecular flexibility index (Phi) is 5.56. The van der Waals surface area contributed by atoms with Crippen molar-refractivity contribution in [1.29, 1.82) is 0 Å². The summed E-state index contributed by atoms with van der Waals surface area (Å²) in [6, 6.07) is 0.200. The molecule has 0 spiro atoms. The van der Waals surface area contributed by atoms with E-state index in [1.54, 1.807) is 12.4 Å². The van der Waals surface area contributed by atoms with Crippen LogP contribution < -0.4 is 10.6 Å². The van der Waals surface area contributed by atoms with Crippen LogP contribution in [0.1, 0.15) is 31.7 Å². The van der Waals surface area contributed by atoms with Crippen molar-refractivity contribution in [2.45, 2.75) is 39.8 Å². The first-order valence-electron chi connectivity index (χ1n) is 5.85. The molecule has 0 aromatic carbocycles. The van der Waals surface area contributed by atoms with E-state index in [1.807, 2.05) is 20.8 Å². The maximum Gasteiger partial charge on any atom is 0.221 e. The highest BCUT2D eigenvalue weighted by Gasteiger charge is 2.02. The van der Waals surface area contributed by atoms with Gasteiger partial charge in [0, 0.05) is 37.9 Å². The molecule has 0 saturated heterocycles. The summed E-state index contributed by atoms with van der Waals surface area (Å²) in [4.78, 5) is 19.7. The molecule has 2 N–H and O–H groups in total. The van der Waals surface area contributed by atoms with Crippen LogP contribution in [0.5, 0.6) is 0 Å². The van der Waals surface area contributed by atoms with Crippen LogP contribution in [0.3, 0.4) is 0 Å². The third kappa shape index (κ3) is 5.97. The average molecular weight is 236 g/mol. The second-order valence-electron chi connectivity index (χ2n) is 4.30. The first-order chi connectivity index (χ1) is 8.08. The lowest BCUT2D eigenvalue weighted by atomic mass is 10.3. The standard InChI is InChI=1S/C12H20N4O/c1-9(2)16-12(17)4-5-13-7-11-8-14-10(3)6-15-11/h6,8-9,13H,4-5,7H2,1-3H3,(H,16,17). The summed E-state index contributed by atoms with van der Waals surface area (Å²) in [6.45, 7) is 7.09. The van der Waals surface area contributed by atoms with Crippen LogP contribution in [0, 0.1) is 6.92 Å². The number of aryl methyl sites for hydroxylation is 1. The average Bonchev–Trinajstić information content (AvgIpc) is 2.26. The number of carbonyl (C=O) groups is 1. The van der Waals surface area contributed by atoms with Crippen LogP contribution in [0.4, 0.5) is 0 Å². The molecule has 0 bridgehead atoms. The van der Waals surface area contributed by atoms with Gasteiger partial charge in [0.2, 0.25) is 5.91 Å². The molecule has 5 nitrogen and oxygen atoms in total. The summed E-state index contributed by atoms with van der Waals surface area (Å²) in [5.74, 6) is 0.0718. The Labute approximate surface area is 102 Å². The van der Waals surface area contributed by atoms with E-state index in [0.717, 1.165) is 11.4 Å². The van der Waals surface area contributed by atoms with E-state index < -0.39 is 0 Å². The molecule has 17 heavy (non-hydrogen) atoms. The normalized spacial score (nSPS) is 10.6. The van der Waals surface area contributed by atoms with Crippen molar-refractivity contribution in [2.75, 3.05) is 6.54 Å². The number of aromatic nitrogens is 2. The molecule has 1 amide bonds. The van der Waals surface area contributed by atoms with Crippen molar-refractivity contribution >= 4 is 5.91 Å². The first kappa shape index (κ1) is 13.6. The van der Waals surface area contributed by atoms with Gasteiger partial charge in [-0.25, -0.2) is 0 Å². The molecule has 0 aliphatic heterocycles. The van der Waals surface area contributed by atoms with Gasteiger partial charge in [0.1, 0.15) is 0 Å². The van der Waals surface area contributed by atoms with Gasteiger partial charge in [0.15, 0.2) is 0 Å². The van der Waals surface area contributed by atoms with Gasteiger partial charge in [0.25, 0.3) is 0 Å². The van der Waals surface area contributed by atoms with E-state index >= 15 is 0 Å². The molecule has 1 rings (SSSR count). The monoisotopic (exact) mass is 236 g/mol. The Balaban J connectivity index is 2.16. The second kappa shape index (κ2) is 6.96. The number of amides is 1. The first-order valence-corrected chi connectivity index (χ1v) is 5.85. The predicted molar refractivity (Wildman–Crippen MR) is 66.4 cm³/mol. The fraction of sp³-hybridized carbons (Fsp3) is 0.583. The van der Waals surface area contributed by atoms with Gasteiger partial charge in [0.05, 0.1) is 11.4 Å². The summed E-state index contributed by atoms with van der Waals surface area (Å²) in [5, 5.41) is 6.00. The summed E-state index contributed by atoms with van der Waals surface area (Å²) >= 11 is 0. The molecule has 1 heterocycles. The zero-order valence-electron chi connectivity index (χ0n) is 10.7. The number of nitrogens with one attached hydrogen (secondary N) is 2. The maximum atomic E-state index is 11.3. The fourth-order valence-corrected chi connectivity index (χ4v) is 1.32. The summed E-state index contributed by atoms with van der Waals surface area (Å²) in [7, 11) is 0. The highest BCUT2D eigenvalue weighted by atomic mass is 16.1. The Morgan fingerprint density at radius 1 is 1.35 bits per heavy atom. The topological polar surface area (TPSA) is 66.9 Å². The number of hydrogen-bond donors (Lipinski definition) is 2. The highest BCUT2D eigenvalue weighted by Crippen LogP contribution is 1.93. The van der Waals surface area contributed by atoms with Crippen LogP contribution in [0.2, 0.25) is 0 Å². The lowest BCUT2D eigenvalue weighted by Crippen LogP contribution is -2.32. The van der Waals surface area contributed by atoms with E-state index in [0.29, 0.717) is 19.5 Å². The molecule has 1 aromatic rings. The maximum absolute atomic E-state index is 11.3. The van der Waals surface area contributed by atoms with E-state index in [2.05, 4.69) is 20.6 Å². The molecular formula is C12H20N4O. The lowest BCUT2D eigenvalue weighted by Gasteiger charge is -2.08. The minimum Gasteiger partial charge on any atom is -0.354 e. The minimum atomic E-state index is 0.0718. The van der Waals surface area contributed by atoms with Gasteiger partial charge in [-0.15, -0.1) is 0 Å². The third-order valence-corrected chi connectivity index (χ3v) is 2.12. The van der Waals surface area contributed by atoms with Crippen LogP contribution in [-0.4, -0.2) is 28.5 Å². The zero-order chi connectivity index (χ0) is 12.7. The second-order valence-corrected chi connectivity index (χ2v) is 4.30. The number of carbonyl (C=O) groups excluding carboxylic acids is 1.